The summed E-state index contributed by atoms with van der Waals surface area (Å²) < 4.78 is 0. The van der Waals surface area contributed by atoms with Gasteiger partial charge >= 0.3 is 0 Å². The molecule has 0 aliphatic heterocycles. The zero-order valence-corrected chi connectivity index (χ0v) is 9.36. The molecule has 0 bridgehead atoms. The number of phenolic OH excluding ortho intramolecular Hbond substituents is 1. The third-order valence-corrected chi connectivity index (χ3v) is 2.33. The van der Waals surface area contributed by atoms with E-state index < -0.39 is 6.04 Å². The van der Waals surface area contributed by atoms with Gasteiger partial charge in [0.2, 0.25) is 5.91 Å². The molecule has 0 spiro atoms. The van der Waals surface area contributed by atoms with Crippen LogP contribution >= 0.6 is 0 Å². The molecule has 86 valence electrons. The van der Waals surface area contributed by atoms with E-state index >= 15 is 0 Å². The first-order chi connectivity index (χ1) is 7.50. The average molecular weight is 221 g/mol. The van der Waals surface area contributed by atoms with E-state index in [-0.39, 0.29) is 23.9 Å². The van der Waals surface area contributed by atoms with Crippen molar-refractivity contribution in [3.05, 3.63) is 29.8 Å². The zero-order chi connectivity index (χ0) is 12.1. The van der Waals surface area contributed by atoms with Gasteiger partial charge in [0.05, 0.1) is 12.5 Å². The van der Waals surface area contributed by atoms with Crippen molar-refractivity contribution in [1.82, 2.24) is 5.32 Å². The molecule has 1 aromatic rings. The van der Waals surface area contributed by atoms with Crippen LogP contribution in [-0.2, 0) is 16.0 Å². The Labute approximate surface area is 94.3 Å². The van der Waals surface area contributed by atoms with Crippen LogP contribution in [0.2, 0.25) is 0 Å². The minimum absolute atomic E-state index is 0.0737. The number of rotatable bonds is 4. The number of ketones is 1. The highest BCUT2D eigenvalue weighted by molar-refractivity contribution is 5.88. The lowest BCUT2D eigenvalue weighted by Gasteiger charge is -2.10. The van der Waals surface area contributed by atoms with Gasteiger partial charge in [-0.15, -0.1) is 0 Å². The lowest BCUT2D eigenvalue weighted by molar-refractivity contribution is -0.126. The number of hydrogen-bond acceptors (Lipinski definition) is 3. The predicted octanol–water partition coefficient (Wildman–Crippen LogP) is 1.03. The maximum absolute atomic E-state index is 11.5. The van der Waals surface area contributed by atoms with Gasteiger partial charge in [-0.05, 0) is 19.9 Å². The van der Waals surface area contributed by atoms with E-state index in [9.17, 15) is 14.7 Å². The SMILES string of the molecule is CC(=O)C(C)NC(=O)Cc1ccccc1O. The molecule has 1 unspecified atom stereocenters. The van der Waals surface area contributed by atoms with Crippen molar-refractivity contribution in [3.8, 4) is 5.75 Å². The predicted molar refractivity (Wildman–Crippen MR) is 60.1 cm³/mol. The third kappa shape index (κ3) is 3.38. The maximum Gasteiger partial charge on any atom is 0.225 e. The summed E-state index contributed by atoms with van der Waals surface area (Å²) >= 11 is 0. The zero-order valence-electron chi connectivity index (χ0n) is 9.36. The fraction of sp³-hybridized carbons (Fsp3) is 0.333. The Kier molecular flexibility index (Phi) is 4.05. The highest BCUT2D eigenvalue weighted by Gasteiger charge is 2.12. The molecule has 0 aliphatic carbocycles. The molecule has 0 fully saturated rings. The number of phenols is 1. The summed E-state index contributed by atoms with van der Waals surface area (Å²) in [7, 11) is 0. The summed E-state index contributed by atoms with van der Waals surface area (Å²) in [6, 6.07) is 6.15. The number of carbonyl (C=O) groups is 2. The summed E-state index contributed by atoms with van der Waals surface area (Å²) in [5.41, 5.74) is 0.552. The standard InChI is InChI=1S/C12H15NO3/c1-8(9(2)14)13-12(16)7-10-5-3-4-6-11(10)15/h3-6,8,15H,7H2,1-2H3,(H,13,16). The molecule has 4 heteroatoms. The van der Waals surface area contributed by atoms with E-state index in [0.29, 0.717) is 5.56 Å². The van der Waals surface area contributed by atoms with Gasteiger partial charge in [0.15, 0.2) is 5.78 Å². The summed E-state index contributed by atoms with van der Waals surface area (Å²) in [5, 5.41) is 12.0. The van der Waals surface area contributed by atoms with Crippen molar-refractivity contribution < 1.29 is 14.7 Å². The van der Waals surface area contributed by atoms with Crippen molar-refractivity contribution in [2.45, 2.75) is 26.3 Å². The summed E-state index contributed by atoms with van der Waals surface area (Å²) in [5.74, 6) is -0.275. The monoisotopic (exact) mass is 221 g/mol. The van der Waals surface area contributed by atoms with Crippen LogP contribution in [0.15, 0.2) is 24.3 Å². The van der Waals surface area contributed by atoms with Crippen molar-refractivity contribution in [2.24, 2.45) is 0 Å². The number of para-hydroxylation sites is 1. The van der Waals surface area contributed by atoms with Crippen molar-refractivity contribution in [1.29, 1.82) is 0 Å². The van der Waals surface area contributed by atoms with E-state index in [1.165, 1.54) is 13.0 Å². The van der Waals surface area contributed by atoms with Gasteiger partial charge in [-0.2, -0.15) is 0 Å². The molecule has 0 aliphatic rings. The Bertz CT molecular complexity index is 401. The van der Waals surface area contributed by atoms with E-state index in [0.717, 1.165) is 0 Å². The molecule has 16 heavy (non-hydrogen) atoms. The number of amides is 1. The van der Waals surface area contributed by atoms with Crippen LogP contribution < -0.4 is 5.32 Å². The molecule has 0 radical (unpaired) electrons. The van der Waals surface area contributed by atoms with E-state index in [4.69, 9.17) is 0 Å². The molecule has 1 aromatic carbocycles. The lowest BCUT2D eigenvalue weighted by Crippen LogP contribution is -2.38. The second-order valence-electron chi connectivity index (χ2n) is 3.71. The maximum atomic E-state index is 11.5. The molecule has 2 N–H and O–H groups in total. The molecule has 1 rings (SSSR count). The Morgan fingerprint density at radius 2 is 2.00 bits per heavy atom. The number of aromatic hydroxyl groups is 1. The molecule has 1 atom stereocenters. The highest BCUT2D eigenvalue weighted by atomic mass is 16.3. The number of benzene rings is 1. The highest BCUT2D eigenvalue weighted by Crippen LogP contribution is 2.15. The quantitative estimate of drug-likeness (QED) is 0.798. The molecule has 0 heterocycles. The van der Waals surface area contributed by atoms with Crippen LogP contribution in [0.1, 0.15) is 19.4 Å². The average Bonchev–Trinajstić information content (AvgIpc) is 2.21. The fourth-order valence-electron chi connectivity index (χ4n) is 1.23. The number of Topliss-reactive ketones (excluding diaryl/α,β-unsaturated/α-hetero) is 1. The molecule has 4 nitrogen and oxygen atoms in total. The van der Waals surface area contributed by atoms with Crippen LogP contribution in [-0.4, -0.2) is 22.8 Å². The number of carbonyl (C=O) groups excluding carboxylic acids is 2. The van der Waals surface area contributed by atoms with Crippen LogP contribution in [0.4, 0.5) is 0 Å². The van der Waals surface area contributed by atoms with Gasteiger partial charge in [-0.25, -0.2) is 0 Å². The van der Waals surface area contributed by atoms with Crippen LogP contribution in [0.5, 0.6) is 5.75 Å². The van der Waals surface area contributed by atoms with Crippen LogP contribution in [0, 0.1) is 0 Å². The van der Waals surface area contributed by atoms with Crippen molar-refractivity contribution >= 4 is 11.7 Å². The Hall–Kier alpha value is -1.84. The summed E-state index contributed by atoms with van der Waals surface area (Å²) in [6.45, 7) is 3.05. The van der Waals surface area contributed by atoms with Gasteiger partial charge in [0, 0.05) is 5.56 Å². The number of hydrogen-bond donors (Lipinski definition) is 2. The Morgan fingerprint density at radius 1 is 1.38 bits per heavy atom. The molecule has 0 saturated carbocycles. The smallest absolute Gasteiger partial charge is 0.225 e. The van der Waals surface area contributed by atoms with Gasteiger partial charge < -0.3 is 10.4 Å². The third-order valence-electron chi connectivity index (χ3n) is 2.33. The van der Waals surface area contributed by atoms with Crippen LogP contribution in [0.3, 0.4) is 0 Å². The number of nitrogens with one attached hydrogen (secondary N) is 1. The minimum atomic E-state index is -0.488. The summed E-state index contributed by atoms with van der Waals surface area (Å²) in [4.78, 5) is 22.4. The largest absolute Gasteiger partial charge is 0.508 e. The van der Waals surface area contributed by atoms with E-state index in [1.807, 2.05) is 0 Å². The minimum Gasteiger partial charge on any atom is -0.508 e. The second kappa shape index (κ2) is 5.30. The Balaban J connectivity index is 2.59. The first-order valence-corrected chi connectivity index (χ1v) is 5.07. The van der Waals surface area contributed by atoms with Gasteiger partial charge in [0.1, 0.15) is 5.75 Å². The Morgan fingerprint density at radius 3 is 2.56 bits per heavy atom. The molecule has 0 saturated heterocycles. The first-order valence-electron chi connectivity index (χ1n) is 5.07. The van der Waals surface area contributed by atoms with Gasteiger partial charge in [0.25, 0.3) is 0 Å². The first kappa shape index (κ1) is 12.2. The van der Waals surface area contributed by atoms with E-state index in [2.05, 4.69) is 5.32 Å². The molecule has 0 aromatic heterocycles. The molecular weight excluding hydrogens is 206 g/mol. The van der Waals surface area contributed by atoms with Gasteiger partial charge in [-0.3, -0.25) is 9.59 Å². The lowest BCUT2D eigenvalue weighted by atomic mass is 10.1. The fourth-order valence-corrected chi connectivity index (χ4v) is 1.23. The summed E-state index contributed by atoms with van der Waals surface area (Å²) in [6.07, 6.45) is 0.0737. The van der Waals surface area contributed by atoms with Crippen molar-refractivity contribution in [2.75, 3.05) is 0 Å². The van der Waals surface area contributed by atoms with Crippen molar-refractivity contribution in [3.63, 3.8) is 0 Å². The molecular formula is C12H15NO3. The molecule has 1 amide bonds. The van der Waals surface area contributed by atoms with Gasteiger partial charge in [-0.1, -0.05) is 18.2 Å². The normalized spacial score (nSPS) is 11.9. The second-order valence-corrected chi connectivity index (χ2v) is 3.71. The van der Waals surface area contributed by atoms with Crippen LogP contribution in [0.25, 0.3) is 0 Å². The topological polar surface area (TPSA) is 66.4 Å². The van der Waals surface area contributed by atoms with E-state index in [1.54, 1.807) is 25.1 Å².